The first-order valence-corrected chi connectivity index (χ1v) is 5.86. The molecule has 0 bridgehead atoms. The van der Waals surface area contributed by atoms with Crippen molar-refractivity contribution in [3.05, 3.63) is 18.2 Å². The summed E-state index contributed by atoms with van der Waals surface area (Å²) < 4.78 is 41.9. The summed E-state index contributed by atoms with van der Waals surface area (Å²) in [6, 6.07) is -0.0787. The standard InChI is InChI=1S/C11H12F3N3O3/c12-11(13,14)9-15-3-8(4-16-9)20-5-6-1-7(2-6)17-10(18)19/h3-4,6-7,17H,1-2,5H2,(H,18,19). The Bertz CT molecular complexity index is 472. The molecule has 0 aliphatic heterocycles. The van der Waals surface area contributed by atoms with Crippen LogP contribution in [0.4, 0.5) is 18.0 Å². The van der Waals surface area contributed by atoms with Crippen LogP contribution in [-0.2, 0) is 6.18 Å². The van der Waals surface area contributed by atoms with Gasteiger partial charge in [0.2, 0.25) is 5.82 Å². The van der Waals surface area contributed by atoms with Crippen molar-refractivity contribution in [3.8, 4) is 5.75 Å². The van der Waals surface area contributed by atoms with E-state index >= 15 is 0 Å². The van der Waals surface area contributed by atoms with E-state index in [1.165, 1.54) is 0 Å². The second-order valence-corrected chi connectivity index (χ2v) is 4.53. The Morgan fingerprint density at radius 3 is 2.50 bits per heavy atom. The normalized spacial score (nSPS) is 21.9. The molecule has 0 radical (unpaired) electrons. The molecule has 1 fully saturated rings. The number of carboxylic acid groups (broad SMARTS) is 1. The predicted octanol–water partition coefficient (Wildman–Crippen LogP) is 1.92. The Morgan fingerprint density at radius 2 is 2.00 bits per heavy atom. The molecule has 0 aromatic carbocycles. The second kappa shape index (κ2) is 5.51. The SMILES string of the molecule is O=C(O)NC1CC(COc2cnc(C(F)(F)F)nc2)C1. The van der Waals surface area contributed by atoms with E-state index in [1.54, 1.807) is 0 Å². The Morgan fingerprint density at radius 1 is 1.40 bits per heavy atom. The van der Waals surface area contributed by atoms with E-state index in [0.29, 0.717) is 19.4 Å². The summed E-state index contributed by atoms with van der Waals surface area (Å²) in [5.41, 5.74) is 0. The van der Waals surface area contributed by atoms with Gasteiger partial charge in [0.05, 0.1) is 19.0 Å². The Kier molecular flexibility index (Phi) is 3.96. The topological polar surface area (TPSA) is 84.3 Å². The van der Waals surface area contributed by atoms with Crippen molar-refractivity contribution in [3.63, 3.8) is 0 Å². The molecule has 110 valence electrons. The van der Waals surface area contributed by atoms with Gasteiger partial charge in [0.1, 0.15) is 0 Å². The minimum Gasteiger partial charge on any atom is -0.490 e. The third-order valence-electron chi connectivity index (χ3n) is 2.93. The maximum atomic E-state index is 12.2. The molecule has 1 aliphatic rings. The Labute approximate surface area is 112 Å². The zero-order valence-electron chi connectivity index (χ0n) is 10.2. The van der Waals surface area contributed by atoms with E-state index in [1.807, 2.05) is 0 Å². The summed E-state index contributed by atoms with van der Waals surface area (Å²) >= 11 is 0. The number of halogens is 3. The fourth-order valence-electron chi connectivity index (χ4n) is 1.92. The third kappa shape index (κ3) is 3.72. The number of alkyl halides is 3. The van der Waals surface area contributed by atoms with Gasteiger partial charge >= 0.3 is 12.3 Å². The van der Waals surface area contributed by atoms with Gasteiger partial charge in [-0.2, -0.15) is 13.2 Å². The summed E-state index contributed by atoms with van der Waals surface area (Å²) in [5.74, 6) is -0.874. The van der Waals surface area contributed by atoms with E-state index in [-0.39, 0.29) is 17.7 Å². The van der Waals surface area contributed by atoms with Crippen LogP contribution in [0.15, 0.2) is 12.4 Å². The van der Waals surface area contributed by atoms with Crippen LogP contribution >= 0.6 is 0 Å². The highest BCUT2D eigenvalue weighted by Gasteiger charge is 2.34. The molecule has 1 aromatic rings. The molecule has 1 heterocycles. The number of hydrogen-bond donors (Lipinski definition) is 2. The molecule has 1 saturated carbocycles. The third-order valence-corrected chi connectivity index (χ3v) is 2.93. The van der Waals surface area contributed by atoms with Crippen molar-refractivity contribution < 1.29 is 27.8 Å². The maximum Gasteiger partial charge on any atom is 0.451 e. The fourth-order valence-corrected chi connectivity index (χ4v) is 1.92. The molecule has 0 saturated heterocycles. The van der Waals surface area contributed by atoms with Gasteiger partial charge in [0, 0.05) is 6.04 Å². The van der Waals surface area contributed by atoms with Gasteiger partial charge in [-0.25, -0.2) is 14.8 Å². The quantitative estimate of drug-likeness (QED) is 0.885. The molecular weight excluding hydrogens is 279 g/mol. The first kappa shape index (κ1) is 14.4. The van der Waals surface area contributed by atoms with Crippen LogP contribution < -0.4 is 10.1 Å². The number of carbonyl (C=O) groups is 1. The van der Waals surface area contributed by atoms with Gasteiger partial charge in [0.15, 0.2) is 5.75 Å². The van der Waals surface area contributed by atoms with Crippen LogP contribution in [0.2, 0.25) is 0 Å². The average molecular weight is 291 g/mol. The molecule has 1 aliphatic carbocycles. The smallest absolute Gasteiger partial charge is 0.451 e. The van der Waals surface area contributed by atoms with Crippen LogP contribution in [0.25, 0.3) is 0 Å². The first-order chi connectivity index (χ1) is 9.34. The van der Waals surface area contributed by atoms with E-state index in [2.05, 4.69) is 15.3 Å². The number of nitrogens with zero attached hydrogens (tertiary/aromatic N) is 2. The molecule has 2 rings (SSSR count). The zero-order valence-corrected chi connectivity index (χ0v) is 10.2. The van der Waals surface area contributed by atoms with E-state index in [0.717, 1.165) is 12.4 Å². The van der Waals surface area contributed by atoms with Crippen LogP contribution in [-0.4, -0.2) is 33.8 Å². The highest BCUT2D eigenvalue weighted by atomic mass is 19.4. The minimum absolute atomic E-state index is 0.0787. The maximum absolute atomic E-state index is 12.2. The average Bonchev–Trinajstić information content (AvgIpc) is 2.31. The van der Waals surface area contributed by atoms with Crippen LogP contribution in [0.5, 0.6) is 5.75 Å². The molecule has 20 heavy (non-hydrogen) atoms. The molecule has 1 amide bonds. The number of nitrogens with one attached hydrogen (secondary N) is 1. The van der Waals surface area contributed by atoms with E-state index in [9.17, 15) is 18.0 Å². The van der Waals surface area contributed by atoms with Crippen LogP contribution in [0.3, 0.4) is 0 Å². The van der Waals surface area contributed by atoms with E-state index in [4.69, 9.17) is 9.84 Å². The Hall–Kier alpha value is -2.06. The monoisotopic (exact) mass is 291 g/mol. The van der Waals surface area contributed by atoms with Gasteiger partial charge in [-0.1, -0.05) is 0 Å². The molecule has 6 nitrogen and oxygen atoms in total. The van der Waals surface area contributed by atoms with Gasteiger partial charge in [0.25, 0.3) is 0 Å². The van der Waals surface area contributed by atoms with Gasteiger partial charge in [-0.3, -0.25) is 0 Å². The summed E-state index contributed by atoms with van der Waals surface area (Å²) in [7, 11) is 0. The van der Waals surface area contributed by atoms with Crippen molar-refractivity contribution in [2.45, 2.75) is 25.1 Å². The van der Waals surface area contributed by atoms with Crippen molar-refractivity contribution >= 4 is 6.09 Å². The minimum atomic E-state index is -4.57. The zero-order chi connectivity index (χ0) is 14.8. The van der Waals surface area contributed by atoms with Gasteiger partial charge in [-0.15, -0.1) is 0 Å². The highest BCUT2D eigenvalue weighted by Crippen LogP contribution is 2.29. The lowest BCUT2D eigenvalue weighted by atomic mass is 9.81. The number of rotatable bonds is 4. The van der Waals surface area contributed by atoms with Gasteiger partial charge in [-0.05, 0) is 18.8 Å². The van der Waals surface area contributed by atoms with Gasteiger partial charge < -0.3 is 15.2 Å². The van der Waals surface area contributed by atoms with Crippen molar-refractivity contribution in [2.24, 2.45) is 5.92 Å². The summed E-state index contributed by atoms with van der Waals surface area (Å²) in [4.78, 5) is 16.7. The predicted molar refractivity (Wildman–Crippen MR) is 60.2 cm³/mol. The number of amides is 1. The largest absolute Gasteiger partial charge is 0.490 e. The lowest BCUT2D eigenvalue weighted by Gasteiger charge is -2.34. The van der Waals surface area contributed by atoms with Crippen molar-refractivity contribution in [2.75, 3.05) is 6.61 Å². The van der Waals surface area contributed by atoms with Crippen molar-refractivity contribution in [1.29, 1.82) is 0 Å². The molecule has 0 atom stereocenters. The molecule has 1 aromatic heterocycles. The molecule has 0 unspecified atom stereocenters. The summed E-state index contributed by atoms with van der Waals surface area (Å²) in [6.07, 6.45) is -2.39. The summed E-state index contributed by atoms with van der Waals surface area (Å²) in [5, 5.41) is 10.8. The summed E-state index contributed by atoms with van der Waals surface area (Å²) in [6.45, 7) is 0.298. The lowest BCUT2D eigenvalue weighted by Crippen LogP contribution is -2.45. The molecule has 0 spiro atoms. The van der Waals surface area contributed by atoms with Crippen molar-refractivity contribution in [1.82, 2.24) is 15.3 Å². The molecule has 9 heteroatoms. The second-order valence-electron chi connectivity index (χ2n) is 4.53. The number of aromatic nitrogens is 2. The highest BCUT2D eigenvalue weighted by molar-refractivity contribution is 5.65. The lowest BCUT2D eigenvalue weighted by molar-refractivity contribution is -0.145. The number of hydrogen-bond acceptors (Lipinski definition) is 4. The Balaban J connectivity index is 1.74. The fraction of sp³-hybridized carbons (Fsp3) is 0.545. The van der Waals surface area contributed by atoms with E-state index < -0.39 is 18.1 Å². The molecular formula is C11H12F3N3O3. The van der Waals surface area contributed by atoms with Crippen LogP contribution in [0.1, 0.15) is 18.7 Å². The number of ether oxygens (including phenoxy) is 1. The van der Waals surface area contributed by atoms with Crippen LogP contribution in [0, 0.1) is 5.92 Å². The molecule has 2 N–H and O–H groups in total. The first-order valence-electron chi connectivity index (χ1n) is 5.86.